The van der Waals surface area contributed by atoms with Gasteiger partial charge in [-0.15, -0.1) is 0 Å². The number of likely N-dealkylation sites (tertiary alicyclic amines) is 1. The molecule has 2 aromatic carbocycles. The topological polar surface area (TPSA) is 59.2 Å². The molecule has 1 atom stereocenters. The molecule has 1 saturated heterocycles. The second-order valence-corrected chi connectivity index (χ2v) is 7.25. The van der Waals surface area contributed by atoms with Crippen LogP contribution in [0.1, 0.15) is 34.9 Å². The lowest BCUT2D eigenvalue weighted by Gasteiger charge is -2.16. The van der Waals surface area contributed by atoms with Crippen molar-refractivity contribution in [1.82, 2.24) is 15.0 Å². The lowest BCUT2D eigenvalue weighted by atomic mass is 10.1. The number of aromatic nitrogens is 2. The Hall–Kier alpha value is -2.95. The van der Waals surface area contributed by atoms with Crippen LogP contribution in [0.2, 0.25) is 0 Å². The van der Waals surface area contributed by atoms with Crippen LogP contribution in [-0.4, -0.2) is 34.0 Å². The maximum absolute atomic E-state index is 12.4. The summed E-state index contributed by atoms with van der Waals surface area (Å²) in [4.78, 5) is 18.9. The van der Waals surface area contributed by atoms with Crippen molar-refractivity contribution in [2.24, 2.45) is 0 Å². The molecule has 3 aromatic rings. The second kappa shape index (κ2) is 7.35. The predicted octanol–water partition coefficient (Wildman–Crippen LogP) is 3.91. The second-order valence-electron chi connectivity index (χ2n) is 7.25. The summed E-state index contributed by atoms with van der Waals surface area (Å²) in [6, 6.07) is 16.4. The van der Waals surface area contributed by atoms with Crippen LogP contribution in [0.15, 0.2) is 53.1 Å². The SMILES string of the molecule is Cc1cccc(CCN2CC(c3noc(-c4ccccc4C)n3)CC2=O)c1. The van der Waals surface area contributed by atoms with Crippen molar-refractivity contribution >= 4 is 5.91 Å². The van der Waals surface area contributed by atoms with Gasteiger partial charge in [0, 0.05) is 31.0 Å². The van der Waals surface area contributed by atoms with E-state index in [9.17, 15) is 4.79 Å². The van der Waals surface area contributed by atoms with Crippen molar-refractivity contribution in [2.45, 2.75) is 32.6 Å². The zero-order valence-electron chi connectivity index (χ0n) is 15.7. The standard InChI is InChI=1S/C22H23N3O2/c1-15-6-5-8-17(12-15)10-11-25-14-18(13-20(25)26)21-23-22(27-24-21)19-9-4-3-7-16(19)2/h3-9,12,18H,10-11,13-14H2,1-2H3. The number of carbonyl (C=O) groups is 1. The molecule has 0 aliphatic carbocycles. The molecule has 5 nitrogen and oxygen atoms in total. The first kappa shape index (κ1) is 17.5. The molecule has 5 heteroatoms. The van der Waals surface area contributed by atoms with Gasteiger partial charge in [-0.1, -0.05) is 53.2 Å². The Kier molecular flexibility index (Phi) is 4.75. The number of amides is 1. The van der Waals surface area contributed by atoms with E-state index in [0.29, 0.717) is 24.7 Å². The summed E-state index contributed by atoms with van der Waals surface area (Å²) in [6.07, 6.45) is 1.31. The fourth-order valence-corrected chi connectivity index (χ4v) is 3.62. The van der Waals surface area contributed by atoms with Crippen LogP contribution >= 0.6 is 0 Å². The molecule has 138 valence electrons. The van der Waals surface area contributed by atoms with Gasteiger partial charge in [-0.3, -0.25) is 4.79 Å². The zero-order chi connectivity index (χ0) is 18.8. The molecule has 1 amide bonds. The van der Waals surface area contributed by atoms with E-state index >= 15 is 0 Å². The largest absolute Gasteiger partial charge is 0.342 e. The van der Waals surface area contributed by atoms with E-state index in [-0.39, 0.29) is 11.8 Å². The van der Waals surface area contributed by atoms with Gasteiger partial charge in [0.05, 0.1) is 0 Å². The minimum Gasteiger partial charge on any atom is -0.342 e. The molecule has 0 N–H and O–H groups in total. The molecular weight excluding hydrogens is 338 g/mol. The lowest BCUT2D eigenvalue weighted by molar-refractivity contribution is -0.127. The van der Waals surface area contributed by atoms with Gasteiger partial charge in [0.1, 0.15) is 0 Å². The van der Waals surface area contributed by atoms with Gasteiger partial charge in [0.15, 0.2) is 5.82 Å². The minimum absolute atomic E-state index is 0.00321. The highest BCUT2D eigenvalue weighted by molar-refractivity contribution is 5.79. The van der Waals surface area contributed by atoms with Gasteiger partial charge in [-0.05, 0) is 37.5 Å². The number of hydrogen-bond acceptors (Lipinski definition) is 4. The molecule has 1 aromatic heterocycles. The molecule has 1 aliphatic heterocycles. The summed E-state index contributed by atoms with van der Waals surface area (Å²) in [7, 11) is 0. The van der Waals surface area contributed by atoms with Gasteiger partial charge >= 0.3 is 0 Å². The summed E-state index contributed by atoms with van der Waals surface area (Å²) in [5, 5.41) is 4.15. The van der Waals surface area contributed by atoms with Crippen LogP contribution in [0, 0.1) is 13.8 Å². The summed E-state index contributed by atoms with van der Waals surface area (Å²) in [5.74, 6) is 1.31. The number of benzene rings is 2. The van der Waals surface area contributed by atoms with Crippen LogP contribution in [-0.2, 0) is 11.2 Å². The highest BCUT2D eigenvalue weighted by Gasteiger charge is 2.33. The molecule has 0 spiro atoms. The highest BCUT2D eigenvalue weighted by atomic mass is 16.5. The molecule has 0 saturated carbocycles. The van der Waals surface area contributed by atoms with Gasteiger partial charge in [0.25, 0.3) is 5.89 Å². The smallest absolute Gasteiger partial charge is 0.258 e. The molecule has 1 unspecified atom stereocenters. The Morgan fingerprint density at radius 3 is 2.81 bits per heavy atom. The number of hydrogen-bond donors (Lipinski definition) is 0. The Balaban J connectivity index is 1.43. The summed E-state index contributed by atoms with van der Waals surface area (Å²) < 4.78 is 5.47. The van der Waals surface area contributed by atoms with E-state index in [1.54, 1.807) is 0 Å². The van der Waals surface area contributed by atoms with Crippen molar-refractivity contribution in [3.63, 3.8) is 0 Å². The molecule has 0 bridgehead atoms. The van der Waals surface area contributed by atoms with E-state index in [0.717, 1.165) is 24.1 Å². The number of nitrogens with zero attached hydrogens (tertiary/aromatic N) is 3. The van der Waals surface area contributed by atoms with E-state index in [2.05, 4.69) is 41.3 Å². The molecule has 2 heterocycles. The highest BCUT2D eigenvalue weighted by Crippen LogP contribution is 2.29. The Labute approximate surface area is 159 Å². The first-order chi connectivity index (χ1) is 13.1. The quantitative estimate of drug-likeness (QED) is 0.691. The fourth-order valence-electron chi connectivity index (χ4n) is 3.62. The molecule has 1 fully saturated rings. The predicted molar refractivity (Wildman–Crippen MR) is 103 cm³/mol. The van der Waals surface area contributed by atoms with Gasteiger partial charge in [-0.25, -0.2) is 0 Å². The van der Waals surface area contributed by atoms with E-state index in [1.807, 2.05) is 36.1 Å². The number of aryl methyl sites for hydroxylation is 2. The fraction of sp³-hybridized carbons (Fsp3) is 0.318. The summed E-state index contributed by atoms with van der Waals surface area (Å²) >= 11 is 0. The van der Waals surface area contributed by atoms with Gasteiger partial charge in [-0.2, -0.15) is 4.98 Å². The van der Waals surface area contributed by atoms with Crippen LogP contribution in [0.5, 0.6) is 0 Å². The summed E-state index contributed by atoms with van der Waals surface area (Å²) in [5.41, 5.74) is 4.54. The normalized spacial score (nSPS) is 16.9. The third kappa shape index (κ3) is 3.77. The first-order valence-corrected chi connectivity index (χ1v) is 9.33. The number of rotatable bonds is 5. The van der Waals surface area contributed by atoms with Crippen molar-refractivity contribution in [1.29, 1.82) is 0 Å². The molecule has 27 heavy (non-hydrogen) atoms. The van der Waals surface area contributed by atoms with Crippen LogP contribution in [0.25, 0.3) is 11.5 Å². The average molecular weight is 361 g/mol. The first-order valence-electron chi connectivity index (χ1n) is 9.33. The molecular formula is C22H23N3O2. The van der Waals surface area contributed by atoms with Crippen LogP contribution in [0.3, 0.4) is 0 Å². The third-order valence-corrected chi connectivity index (χ3v) is 5.15. The minimum atomic E-state index is -0.00321. The average Bonchev–Trinajstić information content (AvgIpc) is 3.27. The van der Waals surface area contributed by atoms with Gasteiger partial charge < -0.3 is 9.42 Å². The van der Waals surface area contributed by atoms with Gasteiger partial charge in [0.2, 0.25) is 5.91 Å². The van der Waals surface area contributed by atoms with Crippen molar-refractivity contribution in [3.8, 4) is 11.5 Å². The molecule has 0 radical (unpaired) electrons. The Bertz CT molecular complexity index is 963. The molecule has 1 aliphatic rings. The molecule has 4 rings (SSSR count). The van der Waals surface area contributed by atoms with Crippen LogP contribution in [0.4, 0.5) is 0 Å². The van der Waals surface area contributed by atoms with E-state index < -0.39 is 0 Å². The van der Waals surface area contributed by atoms with Crippen LogP contribution < -0.4 is 0 Å². The number of carbonyl (C=O) groups excluding carboxylic acids is 1. The van der Waals surface area contributed by atoms with E-state index in [1.165, 1.54) is 11.1 Å². The maximum Gasteiger partial charge on any atom is 0.258 e. The maximum atomic E-state index is 12.4. The lowest BCUT2D eigenvalue weighted by Crippen LogP contribution is -2.27. The Morgan fingerprint density at radius 1 is 1.15 bits per heavy atom. The Morgan fingerprint density at radius 2 is 2.00 bits per heavy atom. The zero-order valence-corrected chi connectivity index (χ0v) is 15.7. The van der Waals surface area contributed by atoms with Crippen molar-refractivity contribution in [2.75, 3.05) is 13.1 Å². The van der Waals surface area contributed by atoms with Crippen molar-refractivity contribution < 1.29 is 9.32 Å². The third-order valence-electron chi connectivity index (χ3n) is 5.15. The monoisotopic (exact) mass is 361 g/mol. The van der Waals surface area contributed by atoms with E-state index in [4.69, 9.17) is 4.52 Å². The summed E-state index contributed by atoms with van der Waals surface area (Å²) in [6.45, 7) is 5.48. The van der Waals surface area contributed by atoms with Crippen molar-refractivity contribution in [3.05, 3.63) is 71.0 Å².